The standard InChI is InChI=1S/C19H20N2O2/c1-10-3-2-4-11(7-10)20-9-21-18(22)16-12-5-6-13(15-8-14(12)15)17(16)19(21)23/h2-7,12-17,20H,8-9H2,1H3/t12-,13-,14-,15-,16-,17+/m0/s1. The quantitative estimate of drug-likeness (QED) is 0.689. The summed E-state index contributed by atoms with van der Waals surface area (Å²) in [5, 5.41) is 3.23. The molecule has 1 aromatic carbocycles. The Morgan fingerprint density at radius 2 is 1.74 bits per heavy atom. The van der Waals surface area contributed by atoms with Crippen LogP contribution in [-0.2, 0) is 9.59 Å². The van der Waals surface area contributed by atoms with Gasteiger partial charge in [0.05, 0.1) is 18.5 Å². The van der Waals surface area contributed by atoms with Crippen LogP contribution in [0.5, 0.6) is 0 Å². The molecular formula is C19H20N2O2. The number of likely N-dealkylation sites (tertiary alicyclic amines) is 1. The molecule has 0 aromatic heterocycles. The molecule has 1 N–H and O–H groups in total. The van der Waals surface area contributed by atoms with Crippen molar-refractivity contribution in [2.75, 3.05) is 12.0 Å². The maximum absolute atomic E-state index is 12.8. The van der Waals surface area contributed by atoms with E-state index in [-0.39, 0.29) is 30.3 Å². The molecule has 2 saturated carbocycles. The van der Waals surface area contributed by atoms with Crippen molar-refractivity contribution in [3.63, 3.8) is 0 Å². The van der Waals surface area contributed by atoms with E-state index in [1.54, 1.807) is 0 Å². The van der Waals surface area contributed by atoms with Gasteiger partial charge in [-0.1, -0.05) is 24.3 Å². The van der Waals surface area contributed by atoms with E-state index < -0.39 is 0 Å². The Balaban J connectivity index is 1.37. The van der Waals surface area contributed by atoms with Crippen LogP contribution in [-0.4, -0.2) is 23.4 Å². The first kappa shape index (κ1) is 13.3. The van der Waals surface area contributed by atoms with E-state index in [4.69, 9.17) is 0 Å². The van der Waals surface area contributed by atoms with Gasteiger partial charge in [-0.25, -0.2) is 0 Å². The number of hydrogen-bond acceptors (Lipinski definition) is 3. The van der Waals surface area contributed by atoms with Gasteiger partial charge in [-0.15, -0.1) is 0 Å². The number of nitrogens with one attached hydrogen (secondary N) is 1. The average molecular weight is 308 g/mol. The zero-order valence-corrected chi connectivity index (χ0v) is 13.1. The number of imide groups is 1. The number of rotatable bonds is 3. The van der Waals surface area contributed by atoms with Gasteiger partial charge < -0.3 is 5.32 Å². The number of carbonyl (C=O) groups is 2. The molecule has 2 bridgehead atoms. The highest BCUT2D eigenvalue weighted by atomic mass is 16.2. The molecule has 1 aliphatic heterocycles. The zero-order valence-electron chi connectivity index (χ0n) is 13.1. The van der Waals surface area contributed by atoms with Crippen LogP contribution in [0.15, 0.2) is 36.4 Å². The molecule has 5 aliphatic rings. The van der Waals surface area contributed by atoms with Gasteiger partial charge in [-0.2, -0.15) is 0 Å². The van der Waals surface area contributed by atoms with Crippen LogP contribution in [0.25, 0.3) is 0 Å². The summed E-state index contributed by atoms with van der Waals surface area (Å²) in [6, 6.07) is 7.99. The van der Waals surface area contributed by atoms with E-state index in [1.165, 1.54) is 11.3 Å². The van der Waals surface area contributed by atoms with Crippen molar-refractivity contribution in [1.29, 1.82) is 0 Å². The number of benzene rings is 1. The third-order valence-corrected chi connectivity index (χ3v) is 6.21. The van der Waals surface area contributed by atoms with E-state index in [0.717, 1.165) is 11.3 Å². The van der Waals surface area contributed by atoms with E-state index in [0.29, 0.717) is 23.7 Å². The number of amides is 2. The molecular weight excluding hydrogens is 288 g/mol. The molecule has 118 valence electrons. The Morgan fingerprint density at radius 3 is 2.35 bits per heavy atom. The van der Waals surface area contributed by atoms with Crippen molar-refractivity contribution in [2.24, 2.45) is 35.5 Å². The highest BCUT2D eigenvalue weighted by Crippen LogP contribution is 2.65. The van der Waals surface area contributed by atoms with E-state index in [9.17, 15) is 9.59 Å². The highest BCUT2D eigenvalue weighted by molar-refractivity contribution is 6.06. The summed E-state index contributed by atoms with van der Waals surface area (Å²) in [4.78, 5) is 27.1. The van der Waals surface area contributed by atoms with Crippen LogP contribution >= 0.6 is 0 Å². The van der Waals surface area contributed by atoms with Crippen molar-refractivity contribution in [2.45, 2.75) is 13.3 Å². The number of carbonyl (C=O) groups excluding carboxylic acids is 2. The molecule has 6 rings (SSSR count). The summed E-state index contributed by atoms with van der Waals surface area (Å²) in [6.45, 7) is 2.31. The van der Waals surface area contributed by atoms with Gasteiger partial charge in [0.1, 0.15) is 0 Å². The number of nitrogens with zero attached hydrogens (tertiary/aromatic N) is 1. The second kappa shape index (κ2) is 4.47. The van der Waals surface area contributed by atoms with Crippen molar-refractivity contribution < 1.29 is 9.59 Å². The molecule has 0 spiro atoms. The Kier molecular flexibility index (Phi) is 2.59. The predicted octanol–water partition coefficient (Wildman–Crippen LogP) is 2.42. The van der Waals surface area contributed by atoms with Crippen LogP contribution in [0.4, 0.5) is 5.69 Å². The van der Waals surface area contributed by atoms with Gasteiger partial charge in [0.25, 0.3) is 0 Å². The summed E-state index contributed by atoms with van der Waals surface area (Å²) in [6.07, 6.45) is 5.63. The molecule has 23 heavy (non-hydrogen) atoms. The number of allylic oxidation sites excluding steroid dienone is 2. The second-order valence-electron chi connectivity index (χ2n) is 7.46. The Hall–Kier alpha value is -2.10. The monoisotopic (exact) mass is 308 g/mol. The third kappa shape index (κ3) is 1.78. The highest BCUT2D eigenvalue weighted by Gasteiger charge is 2.66. The van der Waals surface area contributed by atoms with Gasteiger partial charge in [0, 0.05) is 5.69 Å². The van der Waals surface area contributed by atoms with Crippen molar-refractivity contribution in [1.82, 2.24) is 4.90 Å². The summed E-state index contributed by atoms with van der Waals surface area (Å²) in [7, 11) is 0. The van der Waals surface area contributed by atoms with Crippen LogP contribution < -0.4 is 5.32 Å². The molecule has 4 heteroatoms. The first-order valence-corrected chi connectivity index (χ1v) is 8.49. The normalized spacial score (nSPS) is 39.4. The molecule has 1 heterocycles. The molecule has 1 saturated heterocycles. The summed E-state index contributed by atoms with van der Waals surface area (Å²) in [5.41, 5.74) is 2.11. The van der Waals surface area contributed by atoms with Gasteiger partial charge in [-0.05, 0) is 54.7 Å². The number of anilines is 1. The third-order valence-electron chi connectivity index (χ3n) is 6.21. The zero-order chi connectivity index (χ0) is 15.7. The fraction of sp³-hybridized carbons (Fsp3) is 0.474. The first-order valence-electron chi connectivity index (χ1n) is 8.49. The van der Waals surface area contributed by atoms with Crippen molar-refractivity contribution in [3.8, 4) is 0 Å². The van der Waals surface area contributed by atoms with Crippen LogP contribution in [0.1, 0.15) is 12.0 Å². The fourth-order valence-electron chi connectivity index (χ4n) is 5.10. The fourth-order valence-corrected chi connectivity index (χ4v) is 5.10. The van der Waals surface area contributed by atoms with Crippen molar-refractivity contribution >= 4 is 17.5 Å². The van der Waals surface area contributed by atoms with Gasteiger partial charge in [0.15, 0.2) is 0 Å². The lowest BCUT2D eigenvalue weighted by Gasteiger charge is -2.37. The largest absolute Gasteiger partial charge is 0.367 e. The van der Waals surface area contributed by atoms with Gasteiger partial charge >= 0.3 is 0 Å². The summed E-state index contributed by atoms with van der Waals surface area (Å²) < 4.78 is 0. The molecule has 0 unspecified atom stereocenters. The maximum Gasteiger partial charge on any atom is 0.235 e. The smallest absolute Gasteiger partial charge is 0.235 e. The summed E-state index contributed by atoms with van der Waals surface area (Å²) >= 11 is 0. The second-order valence-corrected chi connectivity index (χ2v) is 7.46. The molecule has 4 nitrogen and oxygen atoms in total. The van der Waals surface area contributed by atoms with E-state index in [1.807, 2.05) is 31.2 Å². The molecule has 4 aliphatic carbocycles. The van der Waals surface area contributed by atoms with Crippen LogP contribution in [0, 0.1) is 42.4 Å². The number of hydrogen-bond donors (Lipinski definition) is 1. The molecule has 3 fully saturated rings. The van der Waals surface area contributed by atoms with Gasteiger partial charge in [-0.3, -0.25) is 14.5 Å². The lowest BCUT2D eigenvalue weighted by Crippen LogP contribution is -2.40. The minimum absolute atomic E-state index is 0.0323. The minimum atomic E-state index is -0.0967. The lowest BCUT2D eigenvalue weighted by atomic mass is 9.63. The molecule has 2 amide bonds. The van der Waals surface area contributed by atoms with Crippen LogP contribution in [0.3, 0.4) is 0 Å². The predicted molar refractivity (Wildman–Crippen MR) is 86.2 cm³/mol. The SMILES string of the molecule is Cc1cccc(NCN2C(=O)[C@@H]3[C@H]4C=C[C@@H]([C@@H]5C[C@@H]45)[C@@H]3C2=O)c1. The van der Waals surface area contributed by atoms with Crippen LogP contribution in [0.2, 0.25) is 0 Å². The topological polar surface area (TPSA) is 49.4 Å². The maximum atomic E-state index is 12.8. The van der Waals surface area contributed by atoms with E-state index >= 15 is 0 Å². The molecule has 0 radical (unpaired) electrons. The Bertz CT molecular complexity index is 705. The van der Waals surface area contributed by atoms with Gasteiger partial charge in [0.2, 0.25) is 11.8 Å². The summed E-state index contributed by atoms with van der Waals surface area (Å²) in [5.74, 6) is 1.79. The molecule has 1 aromatic rings. The molecule has 6 atom stereocenters. The first-order chi connectivity index (χ1) is 11.1. The number of aryl methyl sites for hydroxylation is 1. The Labute approximate surface area is 135 Å². The average Bonchev–Trinajstić information content (AvgIpc) is 3.32. The Morgan fingerprint density at radius 1 is 1.09 bits per heavy atom. The minimum Gasteiger partial charge on any atom is -0.367 e. The lowest BCUT2D eigenvalue weighted by molar-refractivity contribution is -0.139. The van der Waals surface area contributed by atoms with E-state index in [2.05, 4.69) is 17.5 Å². The van der Waals surface area contributed by atoms with Crippen molar-refractivity contribution in [3.05, 3.63) is 42.0 Å².